The molecule has 3 heterocycles. The average molecular weight is 462 g/mol. The molecule has 0 saturated carbocycles. The summed E-state index contributed by atoms with van der Waals surface area (Å²) in [6, 6.07) is 19.3. The second-order valence-electron chi connectivity index (χ2n) is 7.79. The maximum atomic E-state index is 12.9. The van der Waals surface area contributed by atoms with Crippen molar-refractivity contribution in [2.24, 2.45) is 0 Å². The van der Waals surface area contributed by atoms with E-state index in [2.05, 4.69) is 10.3 Å². The number of nitrogens with zero attached hydrogens (tertiary/aromatic N) is 1. The largest absolute Gasteiger partial charge is 0.486 e. The highest BCUT2D eigenvalue weighted by Gasteiger charge is 2.17. The van der Waals surface area contributed by atoms with E-state index in [-0.39, 0.29) is 5.56 Å². The second kappa shape index (κ2) is 9.38. The lowest BCUT2D eigenvalue weighted by Gasteiger charge is -2.26. The van der Waals surface area contributed by atoms with E-state index in [9.17, 15) is 4.79 Å². The number of thiocarbonyl (C=S) groups is 1. The maximum Gasteiger partial charge on any atom is 0.253 e. The van der Waals surface area contributed by atoms with Crippen LogP contribution in [0.3, 0.4) is 0 Å². The fourth-order valence-electron chi connectivity index (χ4n) is 3.80. The third-order valence-electron chi connectivity index (χ3n) is 5.44. The summed E-state index contributed by atoms with van der Waals surface area (Å²) in [4.78, 5) is 17.9. The first-order valence-corrected chi connectivity index (χ1v) is 11.1. The van der Waals surface area contributed by atoms with Crippen LogP contribution in [0.15, 0.2) is 76.1 Å². The van der Waals surface area contributed by atoms with Crippen LogP contribution >= 0.6 is 12.2 Å². The predicted octanol–water partition coefficient (Wildman–Crippen LogP) is 3.97. The summed E-state index contributed by atoms with van der Waals surface area (Å²) in [5.74, 6) is 2.11. The van der Waals surface area contributed by atoms with Gasteiger partial charge in [-0.25, -0.2) is 0 Å². The highest BCUT2D eigenvalue weighted by molar-refractivity contribution is 7.80. The zero-order chi connectivity index (χ0) is 22.6. The lowest BCUT2D eigenvalue weighted by molar-refractivity contribution is 0.172. The van der Waals surface area contributed by atoms with Crippen molar-refractivity contribution in [1.82, 2.24) is 15.2 Å². The number of H-pyrrole nitrogens is 1. The minimum atomic E-state index is -0.161. The third-order valence-corrected chi connectivity index (χ3v) is 5.85. The molecule has 1 aliphatic heterocycles. The van der Waals surface area contributed by atoms with Crippen molar-refractivity contribution in [3.63, 3.8) is 0 Å². The lowest BCUT2D eigenvalue weighted by atomic mass is 10.1. The molecule has 0 bridgehead atoms. The summed E-state index contributed by atoms with van der Waals surface area (Å²) < 4.78 is 16.7. The number of nitrogens with one attached hydrogen (secondary N) is 2. The van der Waals surface area contributed by atoms with Crippen LogP contribution in [0.25, 0.3) is 10.9 Å². The summed E-state index contributed by atoms with van der Waals surface area (Å²) in [6.07, 6.45) is 1.63. The smallest absolute Gasteiger partial charge is 0.253 e. The number of fused-ring (bicyclic) bond motifs is 2. The Balaban J connectivity index is 1.42. The Kier molecular flexibility index (Phi) is 5.99. The van der Waals surface area contributed by atoms with Gasteiger partial charge in [0.15, 0.2) is 16.6 Å². The van der Waals surface area contributed by atoms with Crippen molar-refractivity contribution in [2.75, 3.05) is 13.2 Å². The van der Waals surface area contributed by atoms with Gasteiger partial charge in [-0.1, -0.05) is 30.3 Å². The Morgan fingerprint density at radius 2 is 1.79 bits per heavy atom. The number of rotatable bonds is 6. The third kappa shape index (κ3) is 4.85. The van der Waals surface area contributed by atoms with Crippen LogP contribution in [0, 0.1) is 0 Å². The van der Waals surface area contributed by atoms with Crippen LogP contribution in [0.4, 0.5) is 0 Å². The summed E-state index contributed by atoms with van der Waals surface area (Å²) in [7, 11) is 0. The molecule has 0 aliphatic carbocycles. The number of ether oxygens (including phenoxy) is 2. The van der Waals surface area contributed by atoms with E-state index in [1.54, 1.807) is 6.26 Å². The van der Waals surface area contributed by atoms with Crippen LogP contribution in [-0.2, 0) is 19.6 Å². The van der Waals surface area contributed by atoms with Crippen LogP contribution in [-0.4, -0.2) is 28.2 Å². The molecule has 4 aromatic rings. The second-order valence-corrected chi connectivity index (χ2v) is 8.17. The minimum Gasteiger partial charge on any atom is -0.486 e. The van der Waals surface area contributed by atoms with Crippen molar-refractivity contribution < 1.29 is 13.9 Å². The number of aromatic amines is 1. The monoisotopic (exact) mass is 461 g/mol. The lowest BCUT2D eigenvalue weighted by Crippen LogP contribution is -2.39. The standard InChI is InChI=1S/C25H23N3O4S/c29-24-19(11-18-12-22-23(13-21(18)27-24)32-10-9-31-22)16-28(15-17-5-2-1-3-6-17)25(33)26-14-20-7-4-8-30-20/h1-8,11-13H,9-10,14-16H2,(H,26,33)(H,27,29). The van der Waals surface area contributed by atoms with Gasteiger partial charge in [-0.15, -0.1) is 0 Å². The van der Waals surface area contributed by atoms with Crippen LogP contribution < -0.4 is 20.3 Å². The predicted molar refractivity (Wildman–Crippen MR) is 129 cm³/mol. The topological polar surface area (TPSA) is 79.7 Å². The molecule has 0 radical (unpaired) electrons. The van der Waals surface area contributed by atoms with Crippen molar-refractivity contribution in [3.05, 3.63) is 94.2 Å². The normalized spacial score (nSPS) is 12.5. The molecule has 0 atom stereocenters. The van der Waals surface area contributed by atoms with Gasteiger partial charge in [0.25, 0.3) is 5.56 Å². The molecule has 2 aromatic heterocycles. The van der Waals surface area contributed by atoms with Gasteiger partial charge in [0.05, 0.1) is 24.9 Å². The van der Waals surface area contributed by atoms with E-state index in [0.29, 0.717) is 60.5 Å². The molecule has 0 spiro atoms. The summed E-state index contributed by atoms with van der Waals surface area (Å²) in [6.45, 7) is 2.38. The molecule has 7 nitrogen and oxygen atoms in total. The first-order valence-electron chi connectivity index (χ1n) is 10.7. The van der Waals surface area contributed by atoms with Gasteiger partial charge in [0, 0.05) is 23.6 Å². The number of hydrogen-bond donors (Lipinski definition) is 2. The van der Waals surface area contributed by atoms with Gasteiger partial charge in [-0.3, -0.25) is 4.79 Å². The zero-order valence-electron chi connectivity index (χ0n) is 17.9. The molecule has 0 amide bonds. The quantitative estimate of drug-likeness (QED) is 0.421. The zero-order valence-corrected chi connectivity index (χ0v) is 18.7. The fraction of sp³-hybridized carbons (Fsp3) is 0.200. The van der Waals surface area contributed by atoms with Crippen molar-refractivity contribution in [1.29, 1.82) is 0 Å². The first kappa shape index (κ1) is 21.1. The van der Waals surface area contributed by atoms with Gasteiger partial charge in [0.2, 0.25) is 0 Å². The van der Waals surface area contributed by atoms with E-state index in [4.69, 9.17) is 26.1 Å². The summed E-state index contributed by atoms with van der Waals surface area (Å²) >= 11 is 5.69. The Bertz CT molecular complexity index is 1320. The molecule has 0 fully saturated rings. The maximum absolute atomic E-state index is 12.9. The van der Waals surface area contributed by atoms with Gasteiger partial charge in [-0.05, 0) is 42.0 Å². The van der Waals surface area contributed by atoms with Crippen LogP contribution in [0.1, 0.15) is 16.9 Å². The van der Waals surface area contributed by atoms with E-state index in [1.807, 2.05) is 65.6 Å². The molecular formula is C25H23N3O4S. The van der Waals surface area contributed by atoms with E-state index in [0.717, 1.165) is 16.7 Å². The van der Waals surface area contributed by atoms with Crippen LogP contribution in [0.2, 0.25) is 0 Å². The molecule has 0 unspecified atom stereocenters. The average Bonchev–Trinajstić information content (AvgIpc) is 3.36. The number of furan rings is 1. The van der Waals surface area contributed by atoms with Gasteiger partial charge < -0.3 is 29.1 Å². The Hall–Kier alpha value is -3.78. The Morgan fingerprint density at radius 1 is 1.00 bits per heavy atom. The highest BCUT2D eigenvalue weighted by Crippen LogP contribution is 2.33. The molecule has 2 N–H and O–H groups in total. The number of benzene rings is 2. The summed E-state index contributed by atoms with van der Waals surface area (Å²) in [5.41, 5.74) is 2.25. The van der Waals surface area contributed by atoms with Crippen molar-refractivity contribution in [2.45, 2.75) is 19.6 Å². The van der Waals surface area contributed by atoms with E-state index < -0.39 is 0 Å². The Labute approximate surface area is 195 Å². The highest BCUT2D eigenvalue weighted by atomic mass is 32.1. The number of hydrogen-bond acceptors (Lipinski definition) is 5. The molecule has 2 aromatic carbocycles. The van der Waals surface area contributed by atoms with E-state index >= 15 is 0 Å². The molecule has 8 heteroatoms. The minimum absolute atomic E-state index is 0.161. The molecule has 0 saturated heterocycles. The SMILES string of the molecule is O=c1[nH]c2cc3c(cc2cc1CN(Cc1ccccc1)C(=S)NCc1ccco1)OCCO3. The molecule has 1 aliphatic rings. The molecular weight excluding hydrogens is 438 g/mol. The van der Waals surface area contributed by atoms with Gasteiger partial charge in [0.1, 0.15) is 19.0 Å². The first-order chi connectivity index (χ1) is 16.2. The van der Waals surface area contributed by atoms with Crippen molar-refractivity contribution >= 4 is 28.2 Å². The molecule has 33 heavy (non-hydrogen) atoms. The molecule has 168 valence electrons. The number of pyridine rings is 1. The fourth-order valence-corrected chi connectivity index (χ4v) is 4.00. The number of aromatic nitrogens is 1. The molecule has 5 rings (SSSR count). The van der Waals surface area contributed by atoms with Gasteiger partial charge >= 0.3 is 0 Å². The summed E-state index contributed by atoms with van der Waals surface area (Å²) in [5, 5.41) is 4.65. The van der Waals surface area contributed by atoms with Crippen LogP contribution in [0.5, 0.6) is 11.5 Å². The van der Waals surface area contributed by atoms with E-state index in [1.165, 1.54) is 0 Å². The van der Waals surface area contributed by atoms with Gasteiger partial charge in [-0.2, -0.15) is 0 Å². The van der Waals surface area contributed by atoms with Crippen molar-refractivity contribution in [3.8, 4) is 11.5 Å². The Morgan fingerprint density at radius 3 is 2.55 bits per heavy atom.